The van der Waals surface area contributed by atoms with E-state index in [1.165, 1.54) is 38.5 Å². The standard InChI is InChI=1S/C18H25NO3/c20-17(13-14-6-3-1-2-4-7-14)19-11-10-15-8-5-9-16(12-15)18(21)22/h5,8-9,12,14H,1-4,6-7,10-11,13H2,(H,19,20)(H,21,22). The first-order chi connectivity index (χ1) is 10.6. The van der Waals surface area contributed by atoms with Crippen molar-refractivity contribution in [3.63, 3.8) is 0 Å². The minimum atomic E-state index is -0.917. The van der Waals surface area contributed by atoms with E-state index in [4.69, 9.17) is 5.11 Å². The summed E-state index contributed by atoms with van der Waals surface area (Å²) in [5.41, 5.74) is 1.23. The zero-order chi connectivity index (χ0) is 15.8. The maximum Gasteiger partial charge on any atom is 0.335 e. The highest BCUT2D eigenvalue weighted by molar-refractivity contribution is 5.87. The third-order valence-corrected chi connectivity index (χ3v) is 4.36. The molecule has 1 aromatic rings. The Balaban J connectivity index is 1.72. The Hall–Kier alpha value is -1.84. The van der Waals surface area contributed by atoms with E-state index in [1.54, 1.807) is 18.2 Å². The van der Waals surface area contributed by atoms with Crippen LogP contribution in [0.3, 0.4) is 0 Å². The predicted octanol–water partition coefficient (Wildman–Crippen LogP) is 3.40. The van der Waals surface area contributed by atoms with E-state index in [-0.39, 0.29) is 5.91 Å². The van der Waals surface area contributed by atoms with E-state index in [9.17, 15) is 9.59 Å². The fourth-order valence-corrected chi connectivity index (χ4v) is 3.11. The molecule has 0 radical (unpaired) electrons. The number of aromatic carboxylic acids is 1. The Kier molecular flexibility index (Phi) is 6.44. The molecule has 0 atom stereocenters. The van der Waals surface area contributed by atoms with Crippen molar-refractivity contribution in [3.8, 4) is 0 Å². The predicted molar refractivity (Wildman–Crippen MR) is 85.9 cm³/mol. The number of nitrogens with one attached hydrogen (secondary N) is 1. The van der Waals surface area contributed by atoms with E-state index in [1.807, 2.05) is 6.07 Å². The Morgan fingerprint density at radius 3 is 2.55 bits per heavy atom. The van der Waals surface area contributed by atoms with Crippen molar-refractivity contribution in [2.75, 3.05) is 6.54 Å². The number of hydrogen-bond donors (Lipinski definition) is 2. The van der Waals surface area contributed by atoms with Crippen molar-refractivity contribution in [2.24, 2.45) is 5.92 Å². The molecule has 0 aliphatic heterocycles. The summed E-state index contributed by atoms with van der Waals surface area (Å²) in [4.78, 5) is 22.9. The van der Waals surface area contributed by atoms with Crippen LogP contribution in [0.15, 0.2) is 24.3 Å². The summed E-state index contributed by atoms with van der Waals surface area (Å²) in [5, 5.41) is 11.9. The van der Waals surface area contributed by atoms with Crippen LogP contribution in [0, 0.1) is 5.92 Å². The van der Waals surface area contributed by atoms with E-state index >= 15 is 0 Å². The largest absolute Gasteiger partial charge is 0.478 e. The van der Waals surface area contributed by atoms with Crippen molar-refractivity contribution in [1.82, 2.24) is 5.32 Å². The monoisotopic (exact) mass is 303 g/mol. The SMILES string of the molecule is O=C(CC1CCCCCC1)NCCc1cccc(C(=O)O)c1. The zero-order valence-electron chi connectivity index (χ0n) is 13.0. The van der Waals surface area contributed by atoms with Crippen LogP contribution < -0.4 is 5.32 Å². The number of carboxylic acid groups (broad SMARTS) is 1. The van der Waals surface area contributed by atoms with Gasteiger partial charge in [0.05, 0.1) is 5.56 Å². The van der Waals surface area contributed by atoms with E-state index < -0.39 is 5.97 Å². The van der Waals surface area contributed by atoms with E-state index in [0.717, 1.165) is 5.56 Å². The molecular weight excluding hydrogens is 278 g/mol. The lowest BCUT2D eigenvalue weighted by molar-refractivity contribution is -0.122. The van der Waals surface area contributed by atoms with Gasteiger partial charge in [-0.3, -0.25) is 4.79 Å². The lowest BCUT2D eigenvalue weighted by Gasteiger charge is -2.13. The summed E-state index contributed by atoms with van der Waals surface area (Å²) in [6.07, 6.45) is 8.75. The molecule has 2 rings (SSSR count). The maximum atomic E-state index is 12.0. The molecule has 2 N–H and O–H groups in total. The molecule has 0 saturated heterocycles. The van der Waals surface area contributed by atoms with Crippen molar-refractivity contribution in [2.45, 2.75) is 51.4 Å². The molecule has 1 fully saturated rings. The fraction of sp³-hybridized carbons (Fsp3) is 0.556. The van der Waals surface area contributed by atoms with Crippen molar-refractivity contribution in [3.05, 3.63) is 35.4 Å². The molecule has 1 aliphatic rings. The lowest BCUT2D eigenvalue weighted by Crippen LogP contribution is -2.27. The summed E-state index contributed by atoms with van der Waals surface area (Å²) >= 11 is 0. The lowest BCUT2D eigenvalue weighted by atomic mass is 9.96. The molecule has 0 aromatic heterocycles. The fourth-order valence-electron chi connectivity index (χ4n) is 3.11. The van der Waals surface area contributed by atoms with Gasteiger partial charge in [-0.15, -0.1) is 0 Å². The van der Waals surface area contributed by atoms with Gasteiger partial charge in [0.2, 0.25) is 5.91 Å². The van der Waals surface area contributed by atoms with E-state index in [2.05, 4.69) is 5.32 Å². The molecule has 1 saturated carbocycles. The van der Waals surface area contributed by atoms with Crippen LogP contribution in [0.1, 0.15) is 60.9 Å². The molecule has 1 aromatic carbocycles. The van der Waals surface area contributed by atoms with Crippen LogP contribution in [0.2, 0.25) is 0 Å². The van der Waals surface area contributed by atoms with Gasteiger partial charge < -0.3 is 10.4 Å². The number of rotatable bonds is 6. The van der Waals surface area contributed by atoms with Crippen LogP contribution in [-0.2, 0) is 11.2 Å². The summed E-state index contributed by atoms with van der Waals surface area (Å²) in [6.45, 7) is 0.564. The van der Waals surface area contributed by atoms with Gasteiger partial charge in [0.25, 0.3) is 0 Å². The average Bonchev–Trinajstić information content (AvgIpc) is 2.76. The van der Waals surface area contributed by atoms with Crippen molar-refractivity contribution >= 4 is 11.9 Å². The second kappa shape index (κ2) is 8.57. The van der Waals surface area contributed by atoms with E-state index in [0.29, 0.717) is 30.9 Å². The minimum Gasteiger partial charge on any atom is -0.478 e. The molecule has 22 heavy (non-hydrogen) atoms. The second-order valence-electron chi connectivity index (χ2n) is 6.17. The maximum absolute atomic E-state index is 12.0. The molecule has 1 aliphatic carbocycles. The molecule has 0 unspecified atom stereocenters. The number of carbonyl (C=O) groups is 2. The first kappa shape index (κ1) is 16.5. The number of benzene rings is 1. The Bertz CT molecular complexity index is 505. The molecule has 4 heteroatoms. The number of amides is 1. The van der Waals surface area contributed by atoms with Crippen molar-refractivity contribution < 1.29 is 14.7 Å². The third-order valence-electron chi connectivity index (χ3n) is 4.36. The van der Waals surface area contributed by atoms with Gasteiger partial charge in [0.15, 0.2) is 0 Å². The van der Waals surface area contributed by atoms with Gasteiger partial charge in [-0.05, 0) is 42.9 Å². The first-order valence-electron chi connectivity index (χ1n) is 8.24. The zero-order valence-corrected chi connectivity index (χ0v) is 13.0. The smallest absolute Gasteiger partial charge is 0.335 e. The van der Waals surface area contributed by atoms with Gasteiger partial charge in [-0.1, -0.05) is 37.8 Å². The molecule has 1 amide bonds. The second-order valence-corrected chi connectivity index (χ2v) is 6.17. The summed E-state index contributed by atoms with van der Waals surface area (Å²) in [7, 11) is 0. The number of hydrogen-bond acceptors (Lipinski definition) is 2. The molecule has 0 bridgehead atoms. The molecule has 4 nitrogen and oxygen atoms in total. The van der Waals surface area contributed by atoms with Gasteiger partial charge >= 0.3 is 5.97 Å². The van der Waals surface area contributed by atoms with Crippen LogP contribution in [0.5, 0.6) is 0 Å². The molecule has 0 heterocycles. The third kappa shape index (κ3) is 5.51. The highest BCUT2D eigenvalue weighted by Gasteiger charge is 2.15. The number of carboxylic acids is 1. The number of carbonyl (C=O) groups excluding carboxylic acids is 1. The van der Waals surface area contributed by atoms with Crippen LogP contribution in [-0.4, -0.2) is 23.5 Å². The van der Waals surface area contributed by atoms with Gasteiger partial charge in [0, 0.05) is 13.0 Å². The van der Waals surface area contributed by atoms with Crippen LogP contribution >= 0.6 is 0 Å². The highest BCUT2D eigenvalue weighted by Crippen LogP contribution is 2.25. The summed E-state index contributed by atoms with van der Waals surface area (Å²) in [6, 6.07) is 6.88. The quantitative estimate of drug-likeness (QED) is 0.791. The topological polar surface area (TPSA) is 66.4 Å². The van der Waals surface area contributed by atoms with Crippen LogP contribution in [0.25, 0.3) is 0 Å². The summed E-state index contributed by atoms with van der Waals surface area (Å²) in [5.74, 6) is -0.252. The Labute approximate surface area is 131 Å². The normalized spacial score (nSPS) is 16.0. The van der Waals surface area contributed by atoms with Gasteiger partial charge in [-0.25, -0.2) is 4.79 Å². The molecule has 120 valence electrons. The van der Waals surface area contributed by atoms with Crippen molar-refractivity contribution in [1.29, 1.82) is 0 Å². The average molecular weight is 303 g/mol. The first-order valence-corrected chi connectivity index (χ1v) is 8.24. The minimum absolute atomic E-state index is 0.126. The van der Waals surface area contributed by atoms with Gasteiger partial charge in [0.1, 0.15) is 0 Å². The van der Waals surface area contributed by atoms with Crippen LogP contribution in [0.4, 0.5) is 0 Å². The molecular formula is C18H25NO3. The molecule has 0 spiro atoms. The highest BCUT2D eigenvalue weighted by atomic mass is 16.4. The summed E-state index contributed by atoms with van der Waals surface area (Å²) < 4.78 is 0. The van der Waals surface area contributed by atoms with Gasteiger partial charge in [-0.2, -0.15) is 0 Å². The Morgan fingerprint density at radius 1 is 1.14 bits per heavy atom. The Morgan fingerprint density at radius 2 is 1.86 bits per heavy atom.